The zero-order chi connectivity index (χ0) is 19.3. The Morgan fingerprint density at radius 2 is 1.64 bits per heavy atom. The maximum Gasteiger partial charge on any atom is 0.261 e. The molecule has 0 N–H and O–H groups in total. The predicted molar refractivity (Wildman–Crippen MR) is 103 cm³/mol. The van der Waals surface area contributed by atoms with E-state index < -0.39 is 0 Å². The minimum Gasteiger partial charge on any atom is -0.492 e. The second-order valence-corrected chi connectivity index (χ2v) is 6.93. The molecule has 0 saturated carbocycles. The average molecular weight is 381 g/mol. The molecule has 6 heteroatoms. The summed E-state index contributed by atoms with van der Waals surface area (Å²) in [6.07, 6.45) is 3.46. The van der Waals surface area contributed by atoms with E-state index in [2.05, 4.69) is 0 Å². The zero-order valence-corrected chi connectivity index (χ0v) is 15.6. The number of hydrogen-bond donors (Lipinski definition) is 0. The van der Waals surface area contributed by atoms with Gasteiger partial charge >= 0.3 is 0 Å². The Balaban J connectivity index is 1.28. The lowest BCUT2D eigenvalue weighted by atomic mass is 10.1. The third kappa shape index (κ3) is 4.02. The van der Waals surface area contributed by atoms with Crippen molar-refractivity contribution in [3.05, 3.63) is 59.7 Å². The number of amides is 2. The molecule has 146 valence electrons. The van der Waals surface area contributed by atoms with Crippen LogP contribution in [-0.4, -0.2) is 49.2 Å². The molecule has 2 aliphatic rings. The fourth-order valence-corrected chi connectivity index (χ4v) is 3.48. The summed E-state index contributed by atoms with van der Waals surface area (Å²) in [4.78, 5) is 25.9. The Kier molecular flexibility index (Phi) is 5.58. The highest BCUT2D eigenvalue weighted by Gasteiger charge is 2.34. The molecule has 0 aromatic heterocycles. The van der Waals surface area contributed by atoms with E-state index in [1.807, 2.05) is 24.3 Å². The topological polar surface area (TPSA) is 65.1 Å². The first-order chi connectivity index (χ1) is 13.7. The summed E-state index contributed by atoms with van der Waals surface area (Å²) in [6.45, 7) is 1.75. The molecule has 2 aromatic carbocycles. The van der Waals surface area contributed by atoms with E-state index in [1.54, 1.807) is 24.3 Å². The maximum atomic E-state index is 12.4. The third-order valence-electron chi connectivity index (χ3n) is 4.98. The van der Waals surface area contributed by atoms with Crippen molar-refractivity contribution in [3.63, 3.8) is 0 Å². The van der Waals surface area contributed by atoms with Crippen LogP contribution < -0.4 is 9.47 Å². The van der Waals surface area contributed by atoms with Crippen molar-refractivity contribution in [1.82, 2.24) is 4.90 Å². The number of nitrogens with zero attached hydrogens (tertiary/aromatic N) is 1. The Hall–Kier alpha value is -2.86. The van der Waals surface area contributed by atoms with E-state index >= 15 is 0 Å². The molecule has 2 aliphatic heterocycles. The van der Waals surface area contributed by atoms with Gasteiger partial charge in [0.05, 0.1) is 23.8 Å². The van der Waals surface area contributed by atoms with Crippen LogP contribution in [-0.2, 0) is 4.74 Å². The van der Waals surface area contributed by atoms with Crippen LogP contribution in [0, 0.1) is 0 Å². The quantitative estimate of drug-likeness (QED) is 0.689. The summed E-state index contributed by atoms with van der Waals surface area (Å²) in [7, 11) is 0. The minimum atomic E-state index is -0.270. The van der Waals surface area contributed by atoms with E-state index in [0.29, 0.717) is 29.2 Å². The van der Waals surface area contributed by atoms with E-state index in [4.69, 9.17) is 14.2 Å². The first kappa shape index (κ1) is 18.5. The van der Waals surface area contributed by atoms with Crippen LogP contribution in [0.2, 0.25) is 0 Å². The Labute approximate surface area is 164 Å². The Morgan fingerprint density at radius 3 is 2.32 bits per heavy atom. The van der Waals surface area contributed by atoms with Gasteiger partial charge in [-0.1, -0.05) is 18.2 Å². The molecule has 1 fully saturated rings. The molecular formula is C22H23NO5. The SMILES string of the molecule is O=C1c2ccccc2C(=O)N1CCOc1cccc(OCC2CCCCO2)c1. The fraction of sp³-hybridized carbons (Fsp3) is 0.364. The van der Waals surface area contributed by atoms with Gasteiger partial charge in [-0.2, -0.15) is 0 Å². The molecule has 28 heavy (non-hydrogen) atoms. The highest BCUT2D eigenvalue weighted by Crippen LogP contribution is 2.23. The number of benzene rings is 2. The molecule has 1 saturated heterocycles. The highest BCUT2D eigenvalue weighted by molar-refractivity contribution is 6.21. The average Bonchev–Trinajstić information content (AvgIpc) is 2.98. The van der Waals surface area contributed by atoms with Crippen molar-refractivity contribution < 1.29 is 23.8 Å². The van der Waals surface area contributed by atoms with Crippen LogP contribution in [0.15, 0.2) is 48.5 Å². The standard InChI is InChI=1S/C22H23NO5/c24-21-19-9-1-2-10-20(19)22(25)23(21)11-13-27-16-7-5-8-17(14-16)28-15-18-6-3-4-12-26-18/h1-2,5,7-10,14,18H,3-4,6,11-13,15H2. The molecule has 2 heterocycles. The predicted octanol–water partition coefficient (Wildman–Crippen LogP) is 3.31. The second kappa shape index (κ2) is 8.44. The third-order valence-corrected chi connectivity index (χ3v) is 4.98. The van der Waals surface area contributed by atoms with Gasteiger partial charge in [0.25, 0.3) is 11.8 Å². The summed E-state index contributed by atoms with van der Waals surface area (Å²) in [5.41, 5.74) is 0.903. The molecule has 0 radical (unpaired) electrons. The molecular weight excluding hydrogens is 358 g/mol. The largest absolute Gasteiger partial charge is 0.492 e. The van der Waals surface area contributed by atoms with Crippen LogP contribution in [0.25, 0.3) is 0 Å². The molecule has 0 aliphatic carbocycles. The number of fused-ring (bicyclic) bond motifs is 1. The second-order valence-electron chi connectivity index (χ2n) is 6.93. The lowest BCUT2D eigenvalue weighted by Gasteiger charge is -2.22. The molecule has 4 rings (SSSR count). The van der Waals surface area contributed by atoms with Gasteiger partial charge in [0.15, 0.2) is 0 Å². The number of carbonyl (C=O) groups excluding carboxylic acids is 2. The van der Waals surface area contributed by atoms with E-state index in [9.17, 15) is 9.59 Å². The van der Waals surface area contributed by atoms with Gasteiger partial charge in [-0.15, -0.1) is 0 Å². The first-order valence-electron chi connectivity index (χ1n) is 9.65. The smallest absolute Gasteiger partial charge is 0.261 e. The Bertz CT molecular complexity index is 825. The van der Waals surface area contributed by atoms with E-state index in [-0.39, 0.29) is 31.1 Å². The van der Waals surface area contributed by atoms with Gasteiger partial charge in [0, 0.05) is 12.7 Å². The van der Waals surface area contributed by atoms with Crippen LogP contribution >= 0.6 is 0 Å². The number of imide groups is 1. The van der Waals surface area contributed by atoms with E-state index in [0.717, 1.165) is 19.4 Å². The molecule has 6 nitrogen and oxygen atoms in total. The van der Waals surface area contributed by atoms with Crippen molar-refractivity contribution in [2.45, 2.75) is 25.4 Å². The summed E-state index contributed by atoms with van der Waals surface area (Å²) in [6, 6.07) is 14.2. The fourth-order valence-electron chi connectivity index (χ4n) is 3.48. The Morgan fingerprint density at radius 1 is 0.929 bits per heavy atom. The lowest BCUT2D eigenvalue weighted by molar-refractivity contribution is -0.0111. The molecule has 2 aromatic rings. The van der Waals surface area contributed by atoms with Crippen molar-refractivity contribution in [2.75, 3.05) is 26.4 Å². The molecule has 1 atom stereocenters. The highest BCUT2D eigenvalue weighted by atomic mass is 16.5. The number of rotatable bonds is 7. The van der Waals surface area contributed by atoms with Crippen molar-refractivity contribution in [1.29, 1.82) is 0 Å². The normalized spacial score (nSPS) is 18.9. The number of ether oxygens (including phenoxy) is 3. The van der Waals surface area contributed by atoms with Gasteiger partial charge in [0.2, 0.25) is 0 Å². The van der Waals surface area contributed by atoms with Crippen molar-refractivity contribution in [3.8, 4) is 11.5 Å². The first-order valence-corrected chi connectivity index (χ1v) is 9.65. The van der Waals surface area contributed by atoms with Gasteiger partial charge < -0.3 is 14.2 Å². The summed E-state index contributed by atoms with van der Waals surface area (Å²) < 4.78 is 17.2. The van der Waals surface area contributed by atoms with Crippen LogP contribution in [0.4, 0.5) is 0 Å². The van der Waals surface area contributed by atoms with Gasteiger partial charge in [0.1, 0.15) is 24.7 Å². The zero-order valence-electron chi connectivity index (χ0n) is 15.6. The van der Waals surface area contributed by atoms with E-state index in [1.165, 1.54) is 11.3 Å². The minimum absolute atomic E-state index is 0.146. The number of carbonyl (C=O) groups is 2. The van der Waals surface area contributed by atoms with Crippen LogP contribution in [0.1, 0.15) is 40.0 Å². The number of hydrogen-bond acceptors (Lipinski definition) is 5. The molecule has 0 bridgehead atoms. The van der Waals surface area contributed by atoms with Crippen molar-refractivity contribution >= 4 is 11.8 Å². The van der Waals surface area contributed by atoms with Crippen molar-refractivity contribution in [2.24, 2.45) is 0 Å². The van der Waals surface area contributed by atoms with Gasteiger partial charge in [-0.25, -0.2) is 0 Å². The van der Waals surface area contributed by atoms with Gasteiger partial charge in [-0.3, -0.25) is 14.5 Å². The summed E-state index contributed by atoms with van der Waals surface area (Å²) in [5.74, 6) is 0.814. The summed E-state index contributed by atoms with van der Waals surface area (Å²) >= 11 is 0. The summed E-state index contributed by atoms with van der Waals surface area (Å²) in [5, 5.41) is 0. The maximum absolute atomic E-state index is 12.4. The molecule has 1 unspecified atom stereocenters. The molecule has 0 spiro atoms. The van der Waals surface area contributed by atoms with Crippen LogP contribution in [0.3, 0.4) is 0 Å². The lowest BCUT2D eigenvalue weighted by Crippen LogP contribution is -2.33. The van der Waals surface area contributed by atoms with Crippen LogP contribution in [0.5, 0.6) is 11.5 Å². The van der Waals surface area contributed by atoms with Gasteiger partial charge in [-0.05, 0) is 43.5 Å². The monoisotopic (exact) mass is 381 g/mol. The molecule has 2 amide bonds.